The van der Waals surface area contributed by atoms with Crippen molar-refractivity contribution in [3.63, 3.8) is 0 Å². The van der Waals surface area contributed by atoms with Crippen molar-refractivity contribution in [1.82, 2.24) is 0 Å². The third kappa shape index (κ3) is 35.8. The van der Waals surface area contributed by atoms with Crippen LogP contribution in [0.1, 0.15) is 194 Å². The first-order valence-corrected chi connectivity index (χ1v) is 18.4. The Morgan fingerprint density at radius 1 is 0.297 bits per heavy atom. The van der Waals surface area contributed by atoms with E-state index in [4.69, 9.17) is 0 Å². The summed E-state index contributed by atoms with van der Waals surface area (Å²) >= 11 is 2.21. The third-order valence-electron chi connectivity index (χ3n) is 7.60. The molecule has 0 atom stereocenters. The highest BCUT2D eigenvalue weighted by Gasteiger charge is 1.95. The average Bonchev–Trinajstić information content (AvgIpc) is 2.91. The van der Waals surface area contributed by atoms with Gasteiger partial charge < -0.3 is 0 Å². The molecule has 0 aromatic rings. The highest BCUT2D eigenvalue weighted by atomic mass is 32.2. The number of hydrogen-bond donors (Lipinski definition) is 0. The smallest absolute Gasteiger partial charge is 0.00675 e. The second-order valence-corrected chi connectivity index (χ2v) is 12.7. The Morgan fingerprint density at radius 2 is 0.541 bits per heavy atom. The molecule has 0 aromatic heterocycles. The van der Waals surface area contributed by atoms with Gasteiger partial charge in [-0.1, -0.05) is 154 Å². The van der Waals surface area contributed by atoms with Crippen LogP contribution < -0.4 is 0 Å². The third-order valence-corrected chi connectivity index (χ3v) is 8.76. The van der Waals surface area contributed by atoms with Crippen molar-refractivity contribution < 1.29 is 0 Å². The summed E-state index contributed by atoms with van der Waals surface area (Å²) in [6.07, 6.45) is 49.2. The molecule has 0 heterocycles. The largest absolute Gasteiger partial charge is 0.162 e. The van der Waals surface area contributed by atoms with Gasteiger partial charge in [0.25, 0.3) is 0 Å². The zero-order valence-electron chi connectivity index (χ0n) is 25.9. The Hall–Kier alpha value is -0.170. The van der Waals surface area contributed by atoms with Gasteiger partial charge in [0.1, 0.15) is 0 Å². The molecule has 0 aliphatic carbocycles. The molecule has 0 fully saturated rings. The van der Waals surface area contributed by atoms with Gasteiger partial charge >= 0.3 is 0 Å². The van der Waals surface area contributed by atoms with Crippen LogP contribution in [0.2, 0.25) is 0 Å². The van der Waals surface area contributed by atoms with Crippen LogP contribution in [0.5, 0.6) is 0 Å². The summed E-state index contributed by atoms with van der Waals surface area (Å²) in [7, 11) is 0. The van der Waals surface area contributed by atoms with E-state index in [1.165, 1.54) is 191 Å². The maximum atomic E-state index is 2.44. The number of unbranched alkanes of at least 4 members (excludes halogenated alkanes) is 24. The van der Waals surface area contributed by atoms with Gasteiger partial charge in [0.2, 0.25) is 0 Å². The van der Waals surface area contributed by atoms with E-state index in [1.54, 1.807) is 0 Å². The molecule has 0 saturated heterocycles. The summed E-state index contributed by atoms with van der Waals surface area (Å²) in [6, 6.07) is 0. The Morgan fingerprint density at radius 3 is 0.838 bits per heavy atom. The monoisotopic (exact) mass is 535 g/mol. The minimum absolute atomic E-state index is 1.31. The second-order valence-electron chi connectivity index (χ2n) is 11.5. The summed E-state index contributed by atoms with van der Waals surface area (Å²) < 4.78 is 0. The van der Waals surface area contributed by atoms with E-state index < -0.39 is 0 Å². The number of allylic oxidation sites excluding steroid dienone is 4. The molecule has 0 bridgehead atoms. The lowest BCUT2D eigenvalue weighted by Gasteiger charge is -2.03. The van der Waals surface area contributed by atoms with E-state index in [2.05, 4.69) is 49.9 Å². The molecule has 0 N–H and O–H groups in total. The predicted octanol–water partition coefficient (Wildman–Crippen LogP) is 13.8. The van der Waals surface area contributed by atoms with Gasteiger partial charge in [-0.3, -0.25) is 0 Å². The van der Waals surface area contributed by atoms with Crippen molar-refractivity contribution in [2.75, 3.05) is 11.5 Å². The molecule has 0 unspecified atom stereocenters. The fraction of sp³-hybridized carbons (Fsp3) is 0.889. The Kier molecular flexibility index (Phi) is 35.7. The number of thioether (sulfide) groups is 1. The molecule has 0 nitrogen and oxygen atoms in total. The molecule has 0 radical (unpaired) electrons. The van der Waals surface area contributed by atoms with Crippen LogP contribution in [0.4, 0.5) is 0 Å². The molecule has 37 heavy (non-hydrogen) atoms. The first-order chi connectivity index (χ1) is 18.4. The minimum atomic E-state index is 1.31. The standard InChI is InChI=1S/C36H70S/c1-3-5-7-9-11-13-15-17-19-21-23-25-27-29-31-33-35-37-36-34-32-30-28-26-24-22-20-18-16-14-12-10-8-6-4-2/h17-20H,3-16,21-36H2,1-2H3/b19-17-,20-18-. The molecule has 0 saturated carbocycles. The quantitative estimate of drug-likeness (QED) is 0.0610. The SMILES string of the molecule is CCCCCCCC/C=C\CCCCCCCCSCCCCCCCC/C=C\CCCCCCCC. The van der Waals surface area contributed by atoms with Crippen molar-refractivity contribution in [1.29, 1.82) is 0 Å². The molecular weight excluding hydrogens is 464 g/mol. The van der Waals surface area contributed by atoms with Crippen LogP contribution in [0.15, 0.2) is 24.3 Å². The van der Waals surface area contributed by atoms with E-state index in [1.807, 2.05) is 0 Å². The lowest BCUT2D eigenvalue weighted by molar-refractivity contribution is 0.606. The maximum absolute atomic E-state index is 2.44. The summed E-state index contributed by atoms with van der Waals surface area (Å²) in [5.41, 5.74) is 0. The fourth-order valence-electron chi connectivity index (χ4n) is 5.01. The topological polar surface area (TPSA) is 0 Å². The fourth-order valence-corrected chi connectivity index (χ4v) is 6.03. The summed E-state index contributed by atoms with van der Waals surface area (Å²) in [6.45, 7) is 4.59. The summed E-state index contributed by atoms with van der Waals surface area (Å²) in [5.74, 6) is 2.79. The zero-order chi connectivity index (χ0) is 26.7. The minimum Gasteiger partial charge on any atom is -0.162 e. The zero-order valence-corrected chi connectivity index (χ0v) is 26.7. The molecule has 0 amide bonds. The molecule has 0 aromatic carbocycles. The highest BCUT2D eigenvalue weighted by molar-refractivity contribution is 7.99. The first kappa shape index (κ1) is 36.8. The molecule has 0 aliphatic rings. The maximum Gasteiger partial charge on any atom is -0.00675 e. The van der Waals surface area contributed by atoms with E-state index in [9.17, 15) is 0 Å². The lowest BCUT2D eigenvalue weighted by atomic mass is 10.1. The van der Waals surface area contributed by atoms with Gasteiger partial charge in [0, 0.05) is 0 Å². The normalized spacial score (nSPS) is 11.9. The van der Waals surface area contributed by atoms with Crippen molar-refractivity contribution in [2.45, 2.75) is 194 Å². The first-order valence-electron chi connectivity index (χ1n) is 17.3. The van der Waals surface area contributed by atoms with Crippen molar-refractivity contribution >= 4 is 11.8 Å². The summed E-state index contributed by atoms with van der Waals surface area (Å²) in [4.78, 5) is 0. The Balaban J connectivity index is 3.09. The number of rotatable bonds is 32. The van der Waals surface area contributed by atoms with Crippen LogP contribution in [0, 0.1) is 0 Å². The van der Waals surface area contributed by atoms with Crippen LogP contribution in [-0.4, -0.2) is 11.5 Å². The van der Waals surface area contributed by atoms with Gasteiger partial charge in [-0.15, -0.1) is 0 Å². The molecule has 0 spiro atoms. The molecule has 0 rings (SSSR count). The van der Waals surface area contributed by atoms with E-state index in [-0.39, 0.29) is 0 Å². The van der Waals surface area contributed by atoms with Crippen LogP contribution in [0.3, 0.4) is 0 Å². The van der Waals surface area contributed by atoms with Gasteiger partial charge in [0.15, 0.2) is 0 Å². The van der Waals surface area contributed by atoms with E-state index >= 15 is 0 Å². The molecule has 0 aliphatic heterocycles. The van der Waals surface area contributed by atoms with Gasteiger partial charge in [-0.05, 0) is 75.7 Å². The predicted molar refractivity (Wildman–Crippen MR) is 176 cm³/mol. The summed E-state index contributed by atoms with van der Waals surface area (Å²) in [5, 5.41) is 0. The highest BCUT2D eigenvalue weighted by Crippen LogP contribution is 2.15. The van der Waals surface area contributed by atoms with Crippen molar-refractivity contribution in [2.24, 2.45) is 0 Å². The van der Waals surface area contributed by atoms with Gasteiger partial charge in [-0.25, -0.2) is 0 Å². The van der Waals surface area contributed by atoms with Crippen molar-refractivity contribution in [3.05, 3.63) is 24.3 Å². The van der Waals surface area contributed by atoms with E-state index in [0.717, 1.165) is 0 Å². The molecule has 220 valence electrons. The average molecular weight is 535 g/mol. The molecular formula is C36H70S. The number of hydrogen-bond acceptors (Lipinski definition) is 1. The van der Waals surface area contributed by atoms with Crippen LogP contribution in [0.25, 0.3) is 0 Å². The van der Waals surface area contributed by atoms with Crippen molar-refractivity contribution in [3.8, 4) is 0 Å². The lowest BCUT2D eigenvalue weighted by Crippen LogP contribution is -1.87. The Bertz CT molecular complexity index is 398. The molecule has 1 heteroatoms. The van der Waals surface area contributed by atoms with Gasteiger partial charge in [0.05, 0.1) is 0 Å². The Labute approximate surface area is 240 Å². The van der Waals surface area contributed by atoms with E-state index in [0.29, 0.717) is 0 Å². The van der Waals surface area contributed by atoms with Gasteiger partial charge in [-0.2, -0.15) is 11.8 Å². The second kappa shape index (κ2) is 35.8. The van der Waals surface area contributed by atoms with Crippen LogP contribution in [-0.2, 0) is 0 Å². The van der Waals surface area contributed by atoms with Crippen LogP contribution >= 0.6 is 11.8 Å².